The lowest BCUT2D eigenvalue weighted by molar-refractivity contribution is -0.0283. The fraction of sp³-hybridized carbons (Fsp3) is 0.333. The summed E-state index contributed by atoms with van der Waals surface area (Å²) in [5, 5.41) is 4.43. The zero-order chi connectivity index (χ0) is 9.54. The van der Waals surface area contributed by atoms with E-state index in [1.807, 2.05) is 23.0 Å². The predicted molar refractivity (Wildman–Crippen MR) is 55.1 cm³/mol. The lowest BCUT2D eigenvalue weighted by atomic mass is 10.3. The van der Waals surface area contributed by atoms with Crippen molar-refractivity contribution in [3.63, 3.8) is 0 Å². The molecule has 4 nitrogen and oxygen atoms in total. The van der Waals surface area contributed by atoms with Gasteiger partial charge in [0.15, 0.2) is 0 Å². The molecule has 0 aliphatic carbocycles. The smallest absolute Gasteiger partial charge is 0.111 e. The Bertz CT molecular complexity index is 478. The number of fused-ring (bicyclic) bond motifs is 1. The number of aromatic nitrogens is 3. The monoisotopic (exact) mass is 253 g/mol. The SMILES string of the molecule is Brc1ccc2nn(C3COC3)cc2n1. The zero-order valence-corrected chi connectivity index (χ0v) is 8.94. The largest absolute Gasteiger partial charge is 0.377 e. The summed E-state index contributed by atoms with van der Waals surface area (Å²) >= 11 is 3.34. The molecule has 0 atom stereocenters. The fourth-order valence-corrected chi connectivity index (χ4v) is 1.79. The Morgan fingerprint density at radius 2 is 2.21 bits per heavy atom. The molecule has 1 aliphatic rings. The third-order valence-corrected chi connectivity index (χ3v) is 2.78. The second-order valence-electron chi connectivity index (χ2n) is 3.34. The Morgan fingerprint density at radius 1 is 1.36 bits per heavy atom. The maximum absolute atomic E-state index is 5.12. The van der Waals surface area contributed by atoms with Crippen LogP contribution in [-0.2, 0) is 4.74 Å². The number of ether oxygens (including phenoxy) is 1. The lowest BCUT2D eigenvalue weighted by Gasteiger charge is -2.25. The van der Waals surface area contributed by atoms with E-state index in [2.05, 4.69) is 26.0 Å². The molecule has 2 aromatic rings. The highest BCUT2D eigenvalue weighted by Gasteiger charge is 2.21. The van der Waals surface area contributed by atoms with E-state index in [4.69, 9.17) is 4.74 Å². The summed E-state index contributed by atoms with van der Waals surface area (Å²) < 4.78 is 7.90. The van der Waals surface area contributed by atoms with Crippen molar-refractivity contribution in [3.8, 4) is 0 Å². The third kappa shape index (κ3) is 1.24. The van der Waals surface area contributed by atoms with Crippen molar-refractivity contribution in [3.05, 3.63) is 22.9 Å². The van der Waals surface area contributed by atoms with E-state index in [0.717, 1.165) is 28.9 Å². The van der Waals surface area contributed by atoms with Crippen molar-refractivity contribution in [1.29, 1.82) is 0 Å². The van der Waals surface area contributed by atoms with Crippen LogP contribution in [0.2, 0.25) is 0 Å². The molecule has 2 aromatic heterocycles. The molecule has 0 saturated carbocycles. The Kier molecular flexibility index (Phi) is 1.81. The van der Waals surface area contributed by atoms with Gasteiger partial charge in [-0.05, 0) is 28.1 Å². The molecular formula is C9H8BrN3O. The molecule has 5 heteroatoms. The highest BCUT2D eigenvalue weighted by atomic mass is 79.9. The van der Waals surface area contributed by atoms with Crippen LogP contribution >= 0.6 is 15.9 Å². The van der Waals surface area contributed by atoms with Crippen molar-refractivity contribution in [2.24, 2.45) is 0 Å². The van der Waals surface area contributed by atoms with E-state index < -0.39 is 0 Å². The molecule has 3 heterocycles. The highest BCUT2D eigenvalue weighted by molar-refractivity contribution is 9.10. The topological polar surface area (TPSA) is 39.9 Å². The van der Waals surface area contributed by atoms with E-state index in [9.17, 15) is 0 Å². The van der Waals surface area contributed by atoms with Gasteiger partial charge in [-0.3, -0.25) is 4.68 Å². The van der Waals surface area contributed by atoms with Crippen LogP contribution in [0.1, 0.15) is 6.04 Å². The normalized spacial score (nSPS) is 17.2. The summed E-state index contributed by atoms with van der Waals surface area (Å²) in [4.78, 5) is 4.33. The molecule has 0 radical (unpaired) electrons. The van der Waals surface area contributed by atoms with E-state index in [-0.39, 0.29) is 0 Å². The molecule has 72 valence electrons. The number of hydrogen-bond donors (Lipinski definition) is 0. The van der Waals surface area contributed by atoms with Gasteiger partial charge in [0.2, 0.25) is 0 Å². The Morgan fingerprint density at radius 3 is 2.93 bits per heavy atom. The zero-order valence-electron chi connectivity index (χ0n) is 7.35. The van der Waals surface area contributed by atoms with Crippen LogP contribution in [0.3, 0.4) is 0 Å². The van der Waals surface area contributed by atoms with Crippen LogP contribution < -0.4 is 0 Å². The molecule has 1 fully saturated rings. The van der Waals surface area contributed by atoms with E-state index in [1.54, 1.807) is 0 Å². The molecule has 14 heavy (non-hydrogen) atoms. The van der Waals surface area contributed by atoms with Crippen LogP contribution in [0.5, 0.6) is 0 Å². The van der Waals surface area contributed by atoms with Gasteiger partial charge in [-0.1, -0.05) is 0 Å². The van der Waals surface area contributed by atoms with E-state index in [1.165, 1.54) is 0 Å². The van der Waals surface area contributed by atoms with Gasteiger partial charge in [0.1, 0.15) is 15.6 Å². The van der Waals surface area contributed by atoms with Gasteiger partial charge < -0.3 is 4.74 Å². The summed E-state index contributed by atoms with van der Waals surface area (Å²) in [5.41, 5.74) is 1.85. The minimum atomic E-state index is 0.392. The molecule has 0 aromatic carbocycles. The molecule has 0 spiro atoms. The third-order valence-electron chi connectivity index (χ3n) is 2.34. The molecule has 0 unspecified atom stereocenters. The number of halogens is 1. The Balaban J connectivity index is 2.10. The van der Waals surface area contributed by atoms with E-state index >= 15 is 0 Å². The van der Waals surface area contributed by atoms with Crippen LogP contribution in [0, 0.1) is 0 Å². The maximum Gasteiger partial charge on any atom is 0.111 e. The van der Waals surface area contributed by atoms with Gasteiger partial charge in [0.05, 0.1) is 25.5 Å². The predicted octanol–water partition coefficient (Wildman–Crippen LogP) is 1.77. The first-order valence-electron chi connectivity index (χ1n) is 4.42. The molecule has 1 aliphatic heterocycles. The van der Waals surface area contributed by atoms with Gasteiger partial charge >= 0.3 is 0 Å². The first-order chi connectivity index (χ1) is 6.83. The second kappa shape index (κ2) is 3.03. The summed E-state index contributed by atoms with van der Waals surface area (Å²) in [7, 11) is 0. The molecular weight excluding hydrogens is 246 g/mol. The average Bonchev–Trinajstić information content (AvgIpc) is 2.43. The molecule has 3 rings (SSSR count). The average molecular weight is 254 g/mol. The minimum Gasteiger partial charge on any atom is -0.377 e. The van der Waals surface area contributed by atoms with Crippen molar-refractivity contribution < 1.29 is 4.74 Å². The summed E-state index contributed by atoms with van der Waals surface area (Å²) in [6.07, 6.45) is 1.97. The molecule has 0 bridgehead atoms. The molecule has 0 N–H and O–H groups in total. The van der Waals surface area contributed by atoms with Crippen LogP contribution in [0.4, 0.5) is 0 Å². The van der Waals surface area contributed by atoms with Crippen LogP contribution in [0.25, 0.3) is 11.0 Å². The maximum atomic E-state index is 5.12. The van der Waals surface area contributed by atoms with Gasteiger partial charge in [-0.25, -0.2) is 4.98 Å². The number of nitrogens with zero attached hydrogens (tertiary/aromatic N) is 3. The summed E-state index contributed by atoms with van der Waals surface area (Å²) in [6, 6.07) is 4.25. The summed E-state index contributed by atoms with van der Waals surface area (Å²) in [6.45, 7) is 1.52. The number of pyridine rings is 1. The van der Waals surface area contributed by atoms with E-state index in [0.29, 0.717) is 6.04 Å². The number of hydrogen-bond acceptors (Lipinski definition) is 3. The van der Waals surface area contributed by atoms with Gasteiger partial charge in [0.25, 0.3) is 0 Å². The molecule has 1 saturated heterocycles. The van der Waals surface area contributed by atoms with Crippen LogP contribution in [-0.4, -0.2) is 28.0 Å². The van der Waals surface area contributed by atoms with Gasteiger partial charge in [0, 0.05) is 0 Å². The lowest BCUT2D eigenvalue weighted by Crippen LogP contribution is -2.30. The van der Waals surface area contributed by atoms with Gasteiger partial charge in [-0.15, -0.1) is 0 Å². The van der Waals surface area contributed by atoms with Crippen molar-refractivity contribution >= 4 is 27.0 Å². The van der Waals surface area contributed by atoms with Crippen molar-refractivity contribution in [2.75, 3.05) is 13.2 Å². The second-order valence-corrected chi connectivity index (χ2v) is 4.15. The van der Waals surface area contributed by atoms with Crippen LogP contribution in [0.15, 0.2) is 22.9 Å². The van der Waals surface area contributed by atoms with Crippen molar-refractivity contribution in [1.82, 2.24) is 14.8 Å². The fourth-order valence-electron chi connectivity index (χ4n) is 1.46. The highest BCUT2D eigenvalue weighted by Crippen LogP contribution is 2.20. The number of rotatable bonds is 1. The Hall–Kier alpha value is -0.940. The Labute approximate surface area is 89.0 Å². The quantitative estimate of drug-likeness (QED) is 0.728. The molecule has 0 amide bonds. The van der Waals surface area contributed by atoms with Crippen molar-refractivity contribution in [2.45, 2.75) is 6.04 Å². The standard InChI is InChI=1S/C9H8BrN3O/c10-9-2-1-7-8(11-9)3-13(12-7)6-4-14-5-6/h1-3,6H,4-5H2. The minimum absolute atomic E-state index is 0.392. The first kappa shape index (κ1) is 8.38. The summed E-state index contributed by atoms with van der Waals surface area (Å²) in [5.74, 6) is 0. The first-order valence-corrected chi connectivity index (χ1v) is 5.21. The van der Waals surface area contributed by atoms with Gasteiger partial charge in [-0.2, -0.15) is 5.10 Å².